The molecule has 0 fully saturated rings. The molecule has 0 amide bonds. The van der Waals surface area contributed by atoms with E-state index >= 15 is 0 Å². The summed E-state index contributed by atoms with van der Waals surface area (Å²) in [6, 6.07) is 0. The van der Waals surface area contributed by atoms with Gasteiger partial charge in [-0.3, -0.25) is 0 Å². The molecule has 0 aliphatic rings. The molecule has 3 atom stereocenters. The van der Waals surface area contributed by atoms with Crippen molar-refractivity contribution in [1.82, 2.24) is 0 Å². The number of rotatable bonds is 14. The minimum absolute atomic E-state index is 0.864. The van der Waals surface area contributed by atoms with Crippen LogP contribution >= 0.6 is 0 Å². The van der Waals surface area contributed by atoms with Gasteiger partial charge in [0.05, 0.1) is 0 Å². The van der Waals surface area contributed by atoms with Crippen molar-refractivity contribution in [1.29, 1.82) is 0 Å². The quantitative estimate of drug-likeness (QED) is 0.286. The highest BCUT2D eigenvalue weighted by molar-refractivity contribution is 4.61. The van der Waals surface area contributed by atoms with E-state index in [2.05, 4.69) is 41.5 Å². The molecule has 0 spiro atoms. The van der Waals surface area contributed by atoms with Crippen LogP contribution in [0, 0.1) is 23.7 Å². The van der Waals surface area contributed by atoms with Crippen LogP contribution in [0.25, 0.3) is 0 Å². The Morgan fingerprint density at radius 1 is 0.476 bits per heavy atom. The Bertz CT molecular complexity index is 206. The molecule has 0 nitrogen and oxygen atoms in total. The van der Waals surface area contributed by atoms with E-state index in [1.54, 1.807) is 0 Å². The van der Waals surface area contributed by atoms with Crippen LogP contribution in [0.5, 0.6) is 0 Å². The monoisotopic (exact) mass is 296 g/mol. The lowest BCUT2D eigenvalue weighted by atomic mass is 9.89. The molecule has 0 heterocycles. The Morgan fingerprint density at radius 3 is 1.24 bits per heavy atom. The third-order valence-corrected chi connectivity index (χ3v) is 5.82. The molecule has 3 unspecified atom stereocenters. The van der Waals surface area contributed by atoms with Crippen LogP contribution in [0.4, 0.5) is 0 Å². The average Bonchev–Trinajstić information content (AvgIpc) is 2.47. The molecule has 0 aliphatic heterocycles. The molecule has 128 valence electrons. The molecule has 0 bridgehead atoms. The van der Waals surface area contributed by atoms with Gasteiger partial charge < -0.3 is 0 Å². The molecule has 0 heteroatoms. The van der Waals surface area contributed by atoms with Crippen LogP contribution in [-0.2, 0) is 0 Å². The van der Waals surface area contributed by atoms with E-state index in [0.717, 1.165) is 23.7 Å². The maximum atomic E-state index is 2.44. The van der Waals surface area contributed by atoms with Crippen molar-refractivity contribution in [3.05, 3.63) is 0 Å². The van der Waals surface area contributed by atoms with Crippen molar-refractivity contribution in [2.45, 2.75) is 112 Å². The van der Waals surface area contributed by atoms with Gasteiger partial charge in [-0.1, -0.05) is 112 Å². The van der Waals surface area contributed by atoms with Crippen LogP contribution in [0.15, 0.2) is 0 Å². The van der Waals surface area contributed by atoms with Gasteiger partial charge >= 0.3 is 0 Å². The second-order valence-electron chi connectivity index (χ2n) is 7.99. The first-order valence-electron chi connectivity index (χ1n) is 9.99. The summed E-state index contributed by atoms with van der Waals surface area (Å²) in [7, 11) is 0. The maximum Gasteiger partial charge on any atom is -0.0417 e. The highest BCUT2D eigenvalue weighted by Crippen LogP contribution is 2.22. The Labute approximate surface area is 136 Å². The third kappa shape index (κ3) is 12.2. The minimum atomic E-state index is 0.864. The zero-order chi connectivity index (χ0) is 16.1. The molecule has 0 aromatic heterocycles. The number of hydrogen-bond donors (Lipinski definition) is 0. The van der Waals surface area contributed by atoms with Gasteiger partial charge in [-0.25, -0.2) is 0 Å². The van der Waals surface area contributed by atoms with Gasteiger partial charge in [-0.2, -0.15) is 0 Å². The van der Waals surface area contributed by atoms with Crippen molar-refractivity contribution >= 4 is 0 Å². The molecule has 0 aromatic carbocycles. The van der Waals surface area contributed by atoms with Gasteiger partial charge in [0.25, 0.3) is 0 Å². The largest absolute Gasteiger partial charge is 0.0651 e. The smallest absolute Gasteiger partial charge is 0.0417 e. The molecule has 0 aliphatic carbocycles. The lowest BCUT2D eigenvalue weighted by Gasteiger charge is -2.17. The third-order valence-electron chi connectivity index (χ3n) is 5.82. The first-order chi connectivity index (χ1) is 9.99. The Hall–Kier alpha value is 0. The van der Waals surface area contributed by atoms with Crippen LogP contribution in [0.2, 0.25) is 0 Å². The highest BCUT2D eigenvalue weighted by Gasteiger charge is 2.09. The average molecular weight is 297 g/mol. The van der Waals surface area contributed by atoms with Crippen molar-refractivity contribution in [3.8, 4) is 0 Å². The van der Waals surface area contributed by atoms with E-state index in [0.29, 0.717) is 0 Å². The Kier molecular flexibility index (Phi) is 13.6. The van der Waals surface area contributed by atoms with E-state index < -0.39 is 0 Å². The summed E-state index contributed by atoms with van der Waals surface area (Å²) in [6.45, 7) is 14.3. The molecule has 0 radical (unpaired) electrons. The van der Waals surface area contributed by atoms with Crippen molar-refractivity contribution in [2.24, 2.45) is 23.7 Å². The Morgan fingerprint density at radius 2 is 0.857 bits per heavy atom. The second kappa shape index (κ2) is 13.6. The number of unbranched alkanes of at least 4 members (excludes halogenated alkanes) is 7. The fraction of sp³-hybridized carbons (Fsp3) is 1.00. The van der Waals surface area contributed by atoms with Crippen molar-refractivity contribution in [2.75, 3.05) is 0 Å². The lowest BCUT2D eigenvalue weighted by molar-refractivity contribution is 0.341. The molecule has 0 rings (SSSR count). The van der Waals surface area contributed by atoms with Gasteiger partial charge in [-0.15, -0.1) is 0 Å². The van der Waals surface area contributed by atoms with Gasteiger partial charge in [0.1, 0.15) is 0 Å². The molecule has 0 saturated carbocycles. The highest BCUT2D eigenvalue weighted by atomic mass is 14.1. The standard InChI is InChI=1S/C21H44/c1-7-19(4)21(6)17-15-13-11-9-8-10-12-14-16-20(5)18(2)3/h18-21H,7-17H2,1-6H3. The summed E-state index contributed by atoms with van der Waals surface area (Å²) in [5.74, 6) is 3.62. The van der Waals surface area contributed by atoms with Crippen LogP contribution in [0.3, 0.4) is 0 Å². The molecule has 0 saturated heterocycles. The molecular weight excluding hydrogens is 252 g/mol. The zero-order valence-corrected chi connectivity index (χ0v) is 16.1. The van der Waals surface area contributed by atoms with E-state index in [1.807, 2.05) is 0 Å². The van der Waals surface area contributed by atoms with Gasteiger partial charge in [0.2, 0.25) is 0 Å². The first-order valence-corrected chi connectivity index (χ1v) is 9.99. The topological polar surface area (TPSA) is 0 Å². The first kappa shape index (κ1) is 21.0. The predicted molar refractivity (Wildman–Crippen MR) is 98.8 cm³/mol. The van der Waals surface area contributed by atoms with E-state index in [9.17, 15) is 0 Å². The summed E-state index contributed by atoms with van der Waals surface area (Å²) >= 11 is 0. The van der Waals surface area contributed by atoms with E-state index in [1.165, 1.54) is 70.6 Å². The fourth-order valence-corrected chi connectivity index (χ4v) is 3.01. The summed E-state index contributed by atoms with van der Waals surface area (Å²) < 4.78 is 0. The normalized spacial score (nSPS) is 16.1. The van der Waals surface area contributed by atoms with Crippen molar-refractivity contribution in [3.63, 3.8) is 0 Å². The van der Waals surface area contributed by atoms with Crippen LogP contribution in [0.1, 0.15) is 112 Å². The maximum absolute atomic E-state index is 2.44. The van der Waals surface area contributed by atoms with Gasteiger partial charge in [0.15, 0.2) is 0 Å². The van der Waals surface area contributed by atoms with Crippen molar-refractivity contribution < 1.29 is 0 Å². The minimum Gasteiger partial charge on any atom is -0.0651 e. The van der Waals surface area contributed by atoms with Crippen LogP contribution in [-0.4, -0.2) is 0 Å². The summed E-state index contributed by atoms with van der Waals surface area (Å²) in [6.07, 6.45) is 15.9. The second-order valence-corrected chi connectivity index (χ2v) is 7.99. The molecule has 21 heavy (non-hydrogen) atoms. The summed E-state index contributed by atoms with van der Waals surface area (Å²) in [5.41, 5.74) is 0. The fourth-order valence-electron chi connectivity index (χ4n) is 3.01. The molecule has 0 aromatic rings. The molecule has 0 N–H and O–H groups in total. The van der Waals surface area contributed by atoms with E-state index in [4.69, 9.17) is 0 Å². The Balaban J connectivity index is 3.23. The summed E-state index contributed by atoms with van der Waals surface area (Å²) in [4.78, 5) is 0. The number of hydrogen-bond acceptors (Lipinski definition) is 0. The zero-order valence-electron chi connectivity index (χ0n) is 16.1. The van der Waals surface area contributed by atoms with E-state index in [-0.39, 0.29) is 0 Å². The predicted octanol–water partition coefficient (Wildman–Crippen LogP) is 7.86. The lowest BCUT2D eigenvalue weighted by Crippen LogP contribution is -2.06. The van der Waals surface area contributed by atoms with Gasteiger partial charge in [0, 0.05) is 0 Å². The summed E-state index contributed by atoms with van der Waals surface area (Å²) in [5, 5.41) is 0. The van der Waals surface area contributed by atoms with Crippen LogP contribution < -0.4 is 0 Å². The van der Waals surface area contributed by atoms with Gasteiger partial charge in [-0.05, 0) is 23.7 Å². The SMILES string of the molecule is CCC(C)C(C)CCCCCCCCCCC(C)C(C)C. The molecular formula is C21H44.